The van der Waals surface area contributed by atoms with Crippen molar-refractivity contribution >= 4 is 35.6 Å². The minimum atomic E-state index is -1.80. The summed E-state index contributed by atoms with van der Waals surface area (Å²) in [7, 11) is 0. The second kappa shape index (κ2) is 11.2. The quantitative estimate of drug-likeness (QED) is 0.163. The predicted molar refractivity (Wildman–Crippen MR) is 102 cm³/mol. The van der Waals surface area contributed by atoms with E-state index in [9.17, 15) is 33.9 Å². The number of carboxylic acid groups (broad SMARTS) is 2. The molecule has 4 amide bonds. The summed E-state index contributed by atoms with van der Waals surface area (Å²) < 4.78 is 0. The zero-order valence-electron chi connectivity index (χ0n) is 16.8. The van der Waals surface area contributed by atoms with Crippen molar-refractivity contribution in [2.45, 2.75) is 62.9 Å². The zero-order chi connectivity index (χ0) is 23.9. The smallest absolute Gasteiger partial charge is 0.326 e. The molecule has 0 aliphatic carbocycles. The first-order valence-electron chi connectivity index (χ1n) is 9.42. The minimum Gasteiger partial charge on any atom is -0.481 e. The number of nitrogens with one attached hydrogen (secondary N) is 2. The zero-order valence-corrected chi connectivity index (χ0v) is 16.8. The van der Waals surface area contributed by atoms with Crippen LogP contribution in [0, 0.1) is 0 Å². The highest BCUT2D eigenvalue weighted by molar-refractivity contribution is 5.96. The van der Waals surface area contributed by atoms with Gasteiger partial charge in [-0.3, -0.25) is 24.0 Å². The fraction of sp³-hybridized carbons (Fsp3) is 0.647. The van der Waals surface area contributed by atoms with Crippen molar-refractivity contribution in [3.8, 4) is 0 Å². The van der Waals surface area contributed by atoms with Gasteiger partial charge in [-0.15, -0.1) is 0 Å². The van der Waals surface area contributed by atoms with Crippen LogP contribution in [0.25, 0.3) is 0 Å². The average molecular weight is 445 g/mol. The maximum Gasteiger partial charge on any atom is 0.326 e. The van der Waals surface area contributed by atoms with E-state index in [1.807, 2.05) is 5.32 Å². The number of aliphatic hydroxyl groups is 1. The van der Waals surface area contributed by atoms with E-state index in [2.05, 4.69) is 5.32 Å². The number of hydrogen-bond acceptors (Lipinski definition) is 8. The summed E-state index contributed by atoms with van der Waals surface area (Å²) in [6.45, 7) is 1.50. The van der Waals surface area contributed by atoms with Crippen molar-refractivity contribution in [3.05, 3.63) is 0 Å². The Morgan fingerprint density at radius 1 is 1.06 bits per heavy atom. The number of carbonyl (C=O) groups is 6. The Morgan fingerprint density at radius 3 is 2.16 bits per heavy atom. The Hall–Kier alpha value is -3.26. The first-order chi connectivity index (χ1) is 14.3. The highest BCUT2D eigenvalue weighted by Gasteiger charge is 2.39. The highest BCUT2D eigenvalue weighted by atomic mass is 16.4. The molecule has 31 heavy (non-hydrogen) atoms. The Labute approximate surface area is 176 Å². The molecule has 1 saturated heterocycles. The topological polar surface area (TPSA) is 242 Å². The number of aliphatic carboxylic acids is 2. The van der Waals surface area contributed by atoms with Crippen LogP contribution in [-0.4, -0.2) is 92.6 Å². The molecule has 0 bridgehead atoms. The van der Waals surface area contributed by atoms with Gasteiger partial charge in [-0.2, -0.15) is 0 Å². The van der Waals surface area contributed by atoms with E-state index in [0.717, 1.165) is 4.90 Å². The molecule has 5 atom stereocenters. The molecule has 14 heteroatoms. The van der Waals surface area contributed by atoms with Crippen LogP contribution in [0.2, 0.25) is 0 Å². The number of carbonyl (C=O) groups excluding carboxylic acids is 4. The molecule has 1 rings (SSSR count). The summed E-state index contributed by atoms with van der Waals surface area (Å²) in [6.07, 6.45) is -2.10. The molecule has 9 N–H and O–H groups in total. The van der Waals surface area contributed by atoms with E-state index in [4.69, 9.17) is 21.7 Å². The molecule has 5 unspecified atom stereocenters. The van der Waals surface area contributed by atoms with E-state index in [-0.39, 0.29) is 13.0 Å². The number of nitrogens with two attached hydrogens (primary N) is 2. The van der Waals surface area contributed by atoms with E-state index in [1.54, 1.807) is 0 Å². The third-order valence-corrected chi connectivity index (χ3v) is 4.68. The van der Waals surface area contributed by atoms with E-state index in [1.165, 1.54) is 6.92 Å². The van der Waals surface area contributed by atoms with Crippen LogP contribution >= 0.6 is 0 Å². The maximum absolute atomic E-state index is 12.7. The van der Waals surface area contributed by atoms with Crippen LogP contribution in [0.1, 0.15) is 32.6 Å². The van der Waals surface area contributed by atoms with Gasteiger partial charge in [-0.1, -0.05) is 0 Å². The maximum atomic E-state index is 12.7. The van der Waals surface area contributed by atoms with Gasteiger partial charge in [-0.05, 0) is 19.8 Å². The molecule has 0 saturated carbocycles. The average Bonchev–Trinajstić information content (AvgIpc) is 3.14. The first kappa shape index (κ1) is 25.8. The summed E-state index contributed by atoms with van der Waals surface area (Å²) >= 11 is 0. The Balaban J connectivity index is 2.95. The second-order valence-corrected chi connectivity index (χ2v) is 7.18. The number of primary amides is 1. The van der Waals surface area contributed by atoms with Gasteiger partial charge in [0.1, 0.15) is 24.2 Å². The molecule has 1 aliphatic rings. The van der Waals surface area contributed by atoms with Crippen molar-refractivity contribution in [1.29, 1.82) is 0 Å². The lowest BCUT2D eigenvalue weighted by molar-refractivity contribution is -0.147. The monoisotopic (exact) mass is 445 g/mol. The number of rotatable bonds is 11. The molecule has 0 aromatic heterocycles. The number of aliphatic hydroxyl groups excluding tert-OH is 1. The first-order valence-corrected chi connectivity index (χ1v) is 9.42. The van der Waals surface area contributed by atoms with Gasteiger partial charge in [-0.25, -0.2) is 4.79 Å². The summed E-state index contributed by atoms with van der Waals surface area (Å²) in [5, 5.41) is 31.5. The third-order valence-electron chi connectivity index (χ3n) is 4.68. The van der Waals surface area contributed by atoms with Crippen LogP contribution in [0.4, 0.5) is 0 Å². The molecule has 1 aliphatic heterocycles. The van der Waals surface area contributed by atoms with Crippen molar-refractivity contribution in [2.75, 3.05) is 6.54 Å². The molecule has 174 valence electrons. The number of hydrogen-bond donors (Lipinski definition) is 7. The second-order valence-electron chi connectivity index (χ2n) is 7.18. The minimum absolute atomic E-state index is 0.184. The molecule has 1 fully saturated rings. The van der Waals surface area contributed by atoms with Crippen LogP contribution < -0.4 is 22.1 Å². The standard InChI is InChI=1S/C17H27N5O9/c1-7(23)13(19)16(29)22-4-2-3-10(22)15(28)20-8(5-11(18)24)14(27)21-9(17(30)31)6-12(25)26/h7-10,13,23H,2-6,19H2,1H3,(H2,18,24)(H,20,28)(H,21,27)(H,25,26)(H,30,31). The fourth-order valence-electron chi connectivity index (χ4n) is 3.03. The highest BCUT2D eigenvalue weighted by Crippen LogP contribution is 2.19. The lowest BCUT2D eigenvalue weighted by atomic mass is 10.1. The number of amides is 4. The van der Waals surface area contributed by atoms with Crippen molar-refractivity contribution in [3.63, 3.8) is 0 Å². The third kappa shape index (κ3) is 7.49. The molecule has 0 aromatic carbocycles. The summed E-state index contributed by atoms with van der Waals surface area (Å²) in [5.74, 6) is -6.71. The molecule has 0 radical (unpaired) electrons. The van der Waals surface area contributed by atoms with Crippen LogP contribution in [-0.2, 0) is 28.8 Å². The SMILES string of the molecule is CC(O)C(N)C(=O)N1CCCC1C(=O)NC(CC(N)=O)C(=O)NC(CC(=O)O)C(=O)O. The van der Waals surface area contributed by atoms with Crippen LogP contribution in [0.3, 0.4) is 0 Å². The Kier molecular flexibility index (Phi) is 9.33. The fourth-order valence-corrected chi connectivity index (χ4v) is 3.03. The lowest BCUT2D eigenvalue weighted by Gasteiger charge is -2.29. The number of likely N-dealkylation sites (tertiary alicyclic amines) is 1. The van der Waals surface area contributed by atoms with Crippen LogP contribution in [0.5, 0.6) is 0 Å². The largest absolute Gasteiger partial charge is 0.481 e. The van der Waals surface area contributed by atoms with Gasteiger partial charge >= 0.3 is 11.9 Å². The normalized spacial score (nSPS) is 19.6. The van der Waals surface area contributed by atoms with Gasteiger partial charge < -0.3 is 42.3 Å². The van der Waals surface area contributed by atoms with E-state index >= 15 is 0 Å². The van der Waals surface area contributed by atoms with E-state index in [0.29, 0.717) is 6.42 Å². The van der Waals surface area contributed by atoms with Gasteiger partial charge in [0.2, 0.25) is 23.6 Å². The van der Waals surface area contributed by atoms with Crippen molar-refractivity contribution in [1.82, 2.24) is 15.5 Å². The number of nitrogens with zero attached hydrogens (tertiary/aromatic N) is 1. The molecule has 0 spiro atoms. The molecule has 1 heterocycles. The Morgan fingerprint density at radius 2 is 1.68 bits per heavy atom. The molecule has 0 aromatic rings. The van der Waals surface area contributed by atoms with Crippen LogP contribution in [0.15, 0.2) is 0 Å². The van der Waals surface area contributed by atoms with Crippen molar-refractivity contribution < 1.29 is 44.1 Å². The molecule has 14 nitrogen and oxygen atoms in total. The van der Waals surface area contributed by atoms with Crippen molar-refractivity contribution in [2.24, 2.45) is 11.5 Å². The summed E-state index contributed by atoms with van der Waals surface area (Å²) in [4.78, 5) is 71.9. The number of carboxylic acids is 2. The van der Waals surface area contributed by atoms with Gasteiger partial charge in [0.25, 0.3) is 0 Å². The lowest BCUT2D eigenvalue weighted by Crippen LogP contribution is -2.58. The van der Waals surface area contributed by atoms with Gasteiger partial charge in [0.05, 0.1) is 18.9 Å². The summed E-state index contributed by atoms with van der Waals surface area (Å²) in [6, 6.07) is -5.69. The Bertz CT molecular complexity index is 742. The van der Waals surface area contributed by atoms with Gasteiger partial charge in [0, 0.05) is 6.54 Å². The molecular weight excluding hydrogens is 418 g/mol. The predicted octanol–water partition coefficient (Wildman–Crippen LogP) is -3.91. The molecular formula is C17H27N5O9. The van der Waals surface area contributed by atoms with E-state index < -0.39 is 78.7 Å². The summed E-state index contributed by atoms with van der Waals surface area (Å²) in [5.41, 5.74) is 10.7. The van der Waals surface area contributed by atoms with Gasteiger partial charge in [0.15, 0.2) is 0 Å².